The van der Waals surface area contributed by atoms with Gasteiger partial charge in [-0.3, -0.25) is 4.79 Å². The number of carbonyl (C=O) groups is 1. The maximum Gasteiger partial charge on any atom is 0.227 e. The van der Waals surface area contributed by atoms with E-state index in [0.29, 0.717) is 13.2 Å². The minimum atomic E-state index is 0.103. The van der Waals surface area contributed by atoms with Gasteiger partial charge in [0.25, 0.3) is 0 Å². The van der Waals surface area contributed by atoms with Crippen molar-refractivity contribution in [2.75, 3.05) is 25.5 Å². The van der Waals surface area contributed by atoms with Crippen LogP contribution in [0.5, 0.6) is 5.75 Å². The lowest BCUT2D eigenvalue weighted by atomic mass is 9.97. The monoisotopic (exact) mass is 354 g/mol. The molecule has 2 N–H and O–H groups in total. The van der Waals surface area contributed by atoms with Crippen molar-refractivity contribution >= 4 is 11.6 Å². The zero-order chi connectivity index (χ0) is 18.2. The maximum atomic E-state index is 12.3. The lowest BCUT2D eigenvalue weighted by Crippen LogP contribution is -2.34. The summed E-state index contributed by atoms with van der Waals surface area (Å²) in [6.07, 6.45) is 1.80. The van der Waals surface area contributed by atoms with Crippen molar-refractivity contribution in [3.8, 4) is 5.75 Å². The summed E-state index contributed by atoms with van der Waals surface area (Å²) in [5.74, 6) is 1.06. The fraction of sp³-hybridized carbons (Fsp3) is 0.381. The highest BCUT2D eigenvalue weighted by Gasteiger charge is 2.20. The quantitative estimate of drug-likeness (QED) is 0.801. The molecule has 0 unspecified atom stereocenters. The van der Waals surface area contributed by atoms with Gasteiger partial charge in [-0.25, -0.2) is 0 Å². The number of rotatable bonds is 7. The number of amides is 1. The molecule has 1 heterocycles. The molecular formula is C21H26N2O3. The Morgan fingerprint density at radius 2 is 1.81 bits per heavy atom. The van der Waals surface area contributed by atoms with Crippen molar-refractivity contribution in [2.24, 2.45) is 5.92 Å². The number of piperidine rings is 1. The Kier molecular flexibility index (Phi) is 6.63. The fourth-order valence-corrected chi connectivity index (χ4v) is 3.08. The fourth-order valence-electron chi connectivity index (χ4n) is 3.08. The van der Waals surface area contributed by atoms with Gasteiger partial charge < -0.3 is 20.1 Å². The largest absolute Gasteiger partial charge is 0.497 e. The summed E-state index contributed by atoms with van der Waals surface area (Å²) < 4.78 is 10.9. The third kappa shape index (κ3) is 5.31. The molecule has 5 nitrogen and oxygen atoms in total. The van der Waals surface area contributed by atoms with Gasteiger partial charge in [-0.15, -0.1) is 0 Å². The maximum absolute atomic E-state index is 12.3. The smallest absolute Gasteiger partial charge is 0.227 e. The summed E-state index contributed by atoms with van der Waals surface area (Å²) in [5, 5.41) is 6.32. The lowest BCUT2D eigenvalue weighted by molar-refractivity contribution is -0.120. The van der Waals surface area contributed by atoms with Crippen LogP contribution in [-0.2, 0) is 22.7 Å². The summed E-state index contributed by atoms with van der Waals surface area (Å²) >= 11 is 0. The van der Waals surface area contributed by atoms with E-state index in [2.05, 4.69) is 10.6 Å². The van der Waals surface area contributed by atoms with E-state index >= 15 is 0 Å². The molecule has 3 rings (SSSR count). The molecule has 5 heteroatoms. The molecule has 138 valence electrons. The molecule has 0 spiro atoms. The van der Waals surface area contributed by atoms with E-state index in [1.54, 1.807) is 7.11 Å². The van der Waals surface area contributed by atoms with E-state index in [1.165, 1.54) is 0 Å². The lowest BCUT2D eigenvalue weighted by Gasteiger charge is -2.21. The van der Waals surface area contributed by atoms with Crippen LogP contribution >= 0.6 is 0 Å². The van der Waals surface area contributed by atoms with E-state index in [1.807, 2.05) is 48.5 Å². The first-order valence-corrected chi connectivity index (χ1v) is 9.06. The van der Waals surface area contributed by atoms with Gasteiger partial charge in [0.15, 0.2) is 0 Å². The second-order valence-electron chi connectivity index (χ2n) is 6.55. The highest BCUT2D eigenvalue weighted by atomic mass is 16.5. The average Bonchev–Trinajstić information content (AvgIpc) is 2.69. The Bertz CT molecular complexity index is 709. The molecule has 0 aromatic heterocycles. The Labute approximate surface area is 154 Å². The molecule has 1 amide bonds. The van der Waals surface area contributed by atoms with Crippen LogP contribution in [0.2, 0.25) is 0 Å². The number of benzene rings is 2. The van der Waals surface area contributed by atoms with Crippen LogP contribution in [0.1, 0.15) is 24.0 Å². The van der Waals surface area contributed by atoms with Gasteiger partial charge in [-0.05, 0) is 61.3 Å². The molecule has 0 bridgehead atoms. The van der Waals surface area contributed by atoms with E-state index in [9.17, 15) is 4.79 Å². The second kappa shape index (κ2) is 9.36. The second-order valence-corrected chi connectivity index (χ2v) is 6.55. The highest BCUT2D eigenvalue weighted by Crippen LogP contribution is 2.18. The predicted molar refractivity (Wildman–Crippen MR) is 102 cm³/mol. The molecule has 2 aromatic rings. The predicted octanol–water partition coefficient (Wildman–Crippen LogP) is 3.35. The minimum absolute atomic E-state index is 0.103. The number of hydrogen-bond acceptors (Lipinski definition) is 4. The van der Waals surface area contributed by atoms with Gasteiger partial charge in [0.05, 0.1) is 20.3 Å². The first-order valence-electron chi connectivity index (χ1n) is 9.06. The zero-order valence-electron chi connectivity index (χ0n) is 15.2. The molecule has 26 heavy (non-hydrogen) atoms. The Morgan fingerprint density at radius 3 is 2.54 bits per heavy atom. The Hall–Kier alpha value is -2.37. The summed E-state index contributed by atoms with van der Waals surface area (Å²) in [5.41, 5.74) is 2.97. The van der Waals surface area contributed by atoms with Gasteiger partial charge in [-0.1, -0.05) is 24.3 Å². The van der Waals surface area contributed by atoms with Crippen molar-refractivity contribution in [2.45, 2.75) is 26.1 Å². The molecule has 1 aliphatic rings. The molecule has 1 saturated heterocycles. The number of carbonyl (C=O) groups excluding carboxylic acids is 1. The number of ether oxygens (including phenoxy) is 2. The molecular weight excluding hydrogens is 328 g/mol. The highest BCUT2D eigenvalue weighted by molar-refractivity contribution is 5.92. The van der Waals surface area contributed by atoms with Crippen molar-refractivity contribution in [1.29, 1.82) is 0 Å². The molecule has 2 aromatic carbocycles. The van der Waals surface area contributed by atoms with Gasteiger partial charge >= 0.3 is 0 Å². The first-order chi connectivity index (χ1) is 12.7. The third-order valence-electron chi connectivity index (χ3n) is 4.60. The van der Waals surface area contributed by atoms with Crippen LogP contribution in [0.25, 0.3) is 0 Å². The van der Waals surface area contributed by atoms with Crippen molar-refractivity contribution < 1.29 is 14.3 Å². The Morgan fingerprint density at radius 1 is 1.08 bits per heavy atom. The number of methoxy groups -OCH3 is 1. The van der Waals surface area contributed by atoms with Gasteiger partial charge in [-0.2, -0.15) is 0 Å². The molecule has 0 saturated carbocycles. The minimum Gasteiger partial charge on any atom is -0.497 e. The van der Waals surface area contributed by atoms with Crippen molar-refractivity contribution in [3.63, 3.8) is 0 Å². The summed E-state index contributed by atoms with van der Waals surface area (Å²) in [6, 6.07) is 15.7. The van der Waals surface area contributed by atoms with E-state index < -0.39 is 0 Å². The number of anilines is 1. The van der Waals surface area contributed by atoms with Crippen LogP contribution in [0.4, 0.5) is 5.69 Å². The Balaban J connectivity index is 1.49. The summed E-state index contributed by atoms with van der Waals surface area (Å²) in [6.45, 7) is 2.87. The zero-order valence-corrected chi connectivity index (χ0v) is 15.2. The molecule has 1 aliphatic heterocycles. The summed E-state index contributed by atoms with van der Waals surface area (Å²) in [4.78, 5) is 12.3. The topological polar surface area (TPSA) is 59.6 Å². The summed E-state index contributed by atoms with van der Waals surface area (Å²) in [7, 11) is 1.66. The van der Waals surface area contributed by atoms with Crippen LogP contribution in [0.3, 0.4) is 0 Å². The van der Waals surface area contributed by atoms with Gasteiger partial charge in [0.2, 0.25) is 5.91 Å². The molecule has 0 aliphatic carbocycles. The van der Waals surface area contributed by atoms with Crippen LogP contribution in [0, 0.1) is 5.92 Å². The first kappa shape index (κ1) is 18.4. The number of hydrogen-bond donors (Lipinski definition) is 2. The molecule has 0 radical (unpaired) electrons. The van der Waals surface area contributed by atoms with Crippen molar-refractivity contribution in [1.82, 2.24) is 5.32 Å². The van der Waals surface area contributed by atoms with Crippen LogP contribution in [0.15, 0.2) is 48.5 Å². The van der Waals surface area contributed by atoms with Gasteiger partial charge in [0, 0.05) is 11.6 Å². The SMILES string of the molecule is COc1ccc(COCc2cccc(NC(=O)C3CCNCC3)c2)cc1. The normalized spacial score (nSPS) is 14.8. The van der Waals surface area contributed by atoms with Crippen molar-refractivity contribution in [3.05, 3.63) is 59.7 Å². The number of nitrogens with one attached hydrogen (secondary N) is 2. The van der Waals surface area contributed by atoms with E-state index in [4.69, 9.17) is 9.47 Å². The van der Waals surface area contributed by atoms with E-state index in [0.717, 1.165) is 48.5 Å². The van der Waals surface area contributed by atoms with E-state index in [-0.39, 0.29) is 11.8 Å². The van der Waals surface area contributed by atoms with Crippen LogP contribution in [-0.4, -0.2) is 26.1 Å². The molecule has 0 atom stereocenters. The van der Waals surface area contributed by atoms with Gasteiger partial charge in [0.1, 0.15) is 5.75 Å². The third-order valence-corrected chi connectivity index (χ3v) is 4.60. The van der Waals surface area contributed by atoms with Crippen LogP contribution < -0.4 is 15.4 Å². The average molecular weight is 354 g/mol. The molecule has 1 fully saturated rings. The standard InChI is InChI=1S/C21H26N2O3/c1-25-20-7-5-16(6-8-20)14-26-15-17-3-2-4-19(13-17)23-21(24)18-9-11-22-12-10-18/h2-8,13,18,22H,9-12,14-15H2,1H3,(H,23,24).